The van der Waals surface area contributed by atoms with Crippen molar-refractivity contribution >= 4 is 40.2 Å². The number of halogens is 1. The average molecular weight is 817 g/mol. The standard InChI is InChI=1S/C48H59FN7O4/c1-28(2)44(26-57)56(15-6-16-56)43(22-50)34-9-7-32(8-10-34)27-59-48-46(45-29(3)41(49)21-42-40(45)24-52-54-42)39(33-11-12-33)20-38(30(4)55-25-35-19-36(55)23-51-35)47(48)53-31(5)60-37-13-17-58-18-14-37/h7-10,20-22,24,26,28,33,35-37,44,51H,4,6,11-19,23,25,27,50H2,1-3,5H3,(H,52,54)/q+1/b43-22-,53-31?/t35-,36-,44?/m0/s1. The van der Waals surface area contributed by atoms with E-state index >= 15 is 4.39 Å². The van der Waals surface area contributed by atoms with Gasteiger partial charge in [0.15, 0.2) is 29.7 Å². The summed E-state index contributed by atoms with van der Waals surface area (Å²) < 4.78 is 35.9. The van der Waals surface area contributed by atoms with E-state index in [2.05, 4.69) is 64.6 Å². The number of benzene rings is 3. The Morgan fingerprint density at radius 1 is 1.15 bits per heavy atom. The molecule has 4 aliphatic heterocycles. The third-order valence-electron chi connectivity index (χ3n) is 13.8. The van der Waals surface area contributed by atoms with Crippen LogP contribution in [0.5, 0.6) is 5.75 Å². The predicted molar refractivity (Wildman–Crippen MR) is 234 cm³/mol. The maximum absolute atomic E-state index is 16.0. The third kappa shape index (κ3) is 7.30. The summed E-state index contributed by atoms with van der Waals surface area (Å²) in [5, 5.41) is 11.8. The SMILES string of the molecule is C=C(c1cc(C2CC2)c(-c2c(C)c(F)cc3[nH]ncc23)c(OCc2ccc(/C(=C/N)[N+]3(C(C=O)C(C)C)CCC3)cc2)c1N=C(C)OC1CCOCC1)N1C[C@@H]2C[C@H]1CN2. The van der Waals surface area contributed by atoms with Gasteiger partial charge in [0.1, 0.15) is 24.2 Å². The fourth-order valence-corrected chi connectivity index (χ4v) is 10.3. The van der Waals surface area contributed by atoms with Crippen molar-refractivity contribution in [2.75, 3.05) is 39.4 Å². The molecule has 3 aromatic carbocycles. The first-order chi connectivity index (χ1) is 29.1. The van der Waals surface area contributed by atoms with Crippen molar-refractivity contribution in [3.8, 4) is 16.9 Å². The van der Waals surface area contributed by atoms with Crippen molar-refractivity contribution in [1.29, 1.82) is 0 Å². The number of carbonyl (C=O) groups is 1. The van der Waals surface area contributed by atoms with Gasteiger partial charge in [-0.2, -0.15) is 5.10 Å². The molecular weight excluding hydrogens is 758 g/mol. The molecule has 4 saturated heterocycles. The molecule has 1 aliphatic carbocycles. The zero-order valence-corrected chi connectivity index (χ0v) is 35.4. The highest BCUT2D eigenvalue weighted by Gasteiger charge is 2.48. The van der Waals surface area contributed by atoms with Gasteiger partial charge in [0.2, 0.25) is 0 Å². The molecule has 11 nitrogen and oxygen atoms in total. The van der Waals surface area contributed by atoms with Crippen LogP contribution in [-0.4, -0.2) is 95.4 Å². The molecule has 2 bridgehead atoms. The van der Waals surface area contributed by atoms with Crippen LogP contribution in [-0.2, 0) is 20.9 Å². The molecule has 3 atom stereocenters. The minimum absolute atomic E-state index is 0.00819. The van der Waals surface area contributed by atoms with Gasteiger partial charge < -0.3 is 30.2 Å². The van der Waals surface area contributed by atoms with Crippen LogP contribution >= 0.6 is 0 Å². The predicted octanol–water partition coefficient (Wildman–Crippen LogP) is 8.10. The van der Waals surface area contributed by atoms with Gasteiger partial charge >= 0.3 is 0 Å². The van der Waals surface area contributed by atoms with Crippen LogP contribution in [0.4, 0.5) is 10.1 Å². The number of aromatic nitrogens is 2. The van der Waals surface area contributed by atoms with E-state index in [0.717, 1.165) is 121 Å². The lowest BCUT2D eigenvalue weighted by Crippen LogP contribution is -2.64. The molecule has 5 aliphatic rings. The van der Waals surface area contributed by atoms with Crippen LogP contribution in [0.25, 0.3) is 33.4 Å². The van der Waals surface area contributed by atoms with Crippen molar-refractivity contribution in [2.45, 2.75) is 103 Å². The van der Waals surface area contributed by atoms with Gasteiger partial charge in [-0.15, -0.1) is 0 Å². The average Bonchev–Trinajstić information content (AvgIpc) is 3.58. The molecule has 0 spiro atoms. The molecular formula is C48H59FN7O4+. The number of likely N-dealkylation sites (tertiary alicyclic amines) is 2. The highest BCUT2D eigenvalue weighted by atomic mass is 19.1. The van der Waals surface area contributed by atoms with E-state index in [0.29, 0.717) is 58.2 Å². The van der Waals surface area contributed by atoms with Crippen LogP contribution in [0.1, 0.15) is 93.0 Å². The number of hydrogen-bond acceptors (Lipinski definition) is 9. The molecule has 12 heteroatoms. The Labute approximate surface area is 352 Å². The normalized spacial score (nSPS) is 22.3. The number of quaternary nitrogens is 1. The number of H-pyrrole nitrogens is 1. The van der Waals surface area contributed by atoms with E-state index < -0.39 is 0 Å². The van der Waals surface area contributed by atoms with Crippen LogP contribution in [0.2, 0.25) is 0 Å². The molecule has 9 rings (SSSR count). The number of carbonyl (C=O) groups excluding carboxylic acids is 1. The van der Waals surface area contributed by atoms with Gasteiger partial charge in [-0.25, -0.2) is 9.38 Å². The number of piperazine rings is 1. The Bertz CT molecular complexity index is 2340. The number of rotatable bonds is 14. The number of nitrogens with one attached hydrogen (secondary N) is 2. The Morgan fingerprint density at radius 2 is 1.92 bits per heavy atom. The van der Waals surface area contributed by atoms with Crippen LogP contribution < -0.4 is 15.8 Å². The molecule has 4 N–H and O–H groups in total. The summed E-state index contributed by atoms with van der Waals surface area (Å²) in [5.41, 5.74) is 15.5. The molecule has 5 heterocycles. The monoisotopic (exact) mass is 816 g/mol. The summed E-state index contributed by atoms with van der Waals surface area (Å²) in [6.07, 6.45) is 10.3. The quantitative estimate of drug-likeness (QED) is 0.0505. The Kier molecular flexibility index (Phi) is 11.1. The molecule has 0 radical (unpaired) electrons. The van der Waals surface area contributed by atoms with Crippen molar-refractivity contribution in [2.24, 2.45) is 16.6 Å². The van der Waals surface area contributed by atoms with E-state index in [1.54, 1.807) is 12.4 Å². The second-order valence-corrected chi connectivity index (χ2v) is 17.9. The minimum atomic E-state index is -0.316. The second kappa shape index (κ2) is 16.4. The first kappa shape index (κ1) is 40.4. The van der Waals surface area contributed by atoms with Gasteiger partial charge in [-0.1, -0.05) is 32.6 Å². The topological polar surface area (TPSA) is 127 Å². The van der Waals surface area contributed by atoms with Crippen LogP contribution in [0.3, 0.4) is 0 Å². The van der Waals surface area contributed by atoms with Crippen LogP contribution in [0, 0.1) is 18.7 Å². The number of ether oxygens (including phenoxy) is 3. The Morgan fingerprint density at radius 3 is 2.53 bits per heavy atom. The third-order valence-corrected chi connectivity index (χ3v) is 13.8. The van der Waals surface area contributed by atoms with Gasteiger partial charge in [0.05, 0.1) is 44.2 Å². The fraction of sp³-hybridized carbons (Fsp3) is 0.479. The van der Waals surface area contributed by atoms with E-state index in [-0.39, 0.29) is 36.4 Å². The summed E-state index contributed by atoms with van der Waals surface area (Å²) in [4.78, 5) is 20.2. The fourth-order valence-electron chi connectivity index (χ4n) is 10.3. The van der Waals surface area contributed by atoms with E-state index in [4.69, 9.17) is 31.5 Å². The molecule has 1 unspecified atom stereocenters. The first-order valence-corrected chi connectivity index (χ1v) is 21.9. The lowest BCUT2D eigenvalue weighted by molar-refractivity contribution is -0.916. The molecule has 1 saturated carbocycles. The number of nitrogens with zero attached hydrogens (tertiary/aromatic N) is 4. The molecule has 4 aromatic rings. The molecule has 316 valence electrons. The van der Waals surface area contributed by atoms with E-state index in [1.807, 2.05) is 13.8 Å². The summed E-state index contributed by atoms with van der Waals surface area (Å²) in [6.45, 7) is 17.8. The van der Waals surface area contributed by atoms with Gasteiger partial charge in [0, 0.05) is 90.6 Å². The van der Waals surface area contributed by atoms with E-state index in [1.165, 1.54) is 6.07 Å². The Hall–Kier alpha value is -5.04. The van der Waals surface area contributed by atoms with Crippen molar-refractivity contribution < 1.29 is 27.9 Å². The van der Waals surface area contributed by atoms with Crippen molar-refractivity contribution in [3.05, 3.63) is 89.0 Å². The largest absolute Gasteiger partial charge is 0.486 e. The smallest absolute Gasteiger partial charge is 0.185 e. The highest BCUT2D eigenvalue weighted by molar-refractivity contribution is 6.02. The molecule has 0 amide bonds. The highest BCUT2D eigenvalue weighted by Crippen LogP contribution is 2.55. The summed E-state index contributed by atoms with van der Waals surface area (Å²) in [6, 6.07) is 12.7. The maximum atomic E-state index is 16.0. The zero-order chi connectivity index (χ0) is 41.7. The number of fused-ring (bicyclic) bond motifs is 3. The van der Waals surface area contributed by atoms with Crippen molar-refractivity contribution in [3.63, 3.8) is 0 Å². The summed E-state index contributed by atoms with van der Waals surface area (Å²) in [5.74, 6) is 1.24. The lowest BCUT2D eigenvalue weighted by atomic mass is 9.87. The second-order valence-electron chi connectivity index (χ2n) is 17.9. The van der Waals surface area contributed by atoms with E-state index in [9.17, 15) is 4.79 Å². The molecule has 5 fully saturated rings. The van der Waals surface area contributed by atoms with Gasteiger partial charge in [0.25, 0.3) is 0 Å². The number of aldehydes is 1. The maximum Gasteiger partial charge on any atom is 0.185 e. The first-order valence-electron chi connectivity index (χ1n) is 21.9. The zero-order valence-electron chi connectivity index (χ0n) is 35.4. The van der Waals surface area contributed by atoms with Crippen molar-refractivity contribution in [1.82, 2.24) is 20.4 Å². The lowest BCUT2D eigenvalue weighted by Gasteiger charge is -2.51. The van der Waals surface area contributed by atoms with Gasteiger partial charge in [-0.05, 0) is 73.1 Å². The molecule has 1 aromatic heterocycles. The number of hydrogen-bond donors (Lipinski definition) is 3. The molecule has 60 heavy (non-hydrogen) atoms. The summed E-state index contributed by atoms with van der Waals surface area (Å²) in [7, 11) is 0. The number of nitrogens with two attached hydrogens (primary N) is 1. The number of aromatic amines is 1. The van der Waals surface area contributed by atoms with Gasteiger partial charge in [-0.3, -0.25) is 14.4 Å². The Balaban J connectivity index is 1.18. The summed E-state index contributed by atoms with van der Waals surface area (Å²) >= 11 is 0. The minimum Gasteiger partial charge on any atom is -0.486 e. The van der Waals surface area contributed by atoms with Crippen LogP contribution in [0.15, 0.2) is 60.4 Å². The number of aliphatic imine (C=N–C) groups is 1.